The fourth-order valence-electron chi connectivity index (χ4n) is 7.48. The number of para-hydroxylation sites is 2. The standard InChI is InChI=1S/C43H28O/c1-2-16-32(17-3-1)43(39-24-7-4-19-35(39)36-20-5-8-25-40(36)43)33-18-11-14-30(28-33)29-13-10-15-31(27-29)34-22-12-23-38-37-21-6-9-26-41(37)44-42(34)38/h1-28H. The van der Waals surface area contributed by atoms with E-state index >= 15 is 0 Å². The zero-order valence-electron chi connectivity index (χ0n) is 24.1. The lowest BCUT2D eigenvalue weighted by Crippen LogP contribution is -2.28. The van der Waals surface area contributed by atoms with E-state index in [1.54, 1.807) is 0 Å². The van der Waals surface area contributed by atoms with E-state index in [9.17, 15) is 0 Å². The average molecular weight is 561 g/mol. The van der Waals surface area contributed by atoms with Gasteiger partial charge < -0.3 is 4.42 Å². The largest absolute Gasteiger partial charge is 0.455 e. The quantitative estimate of drug-likeness (QED) is 0.209. The predicted molar refractivity (Wildman–Crippen MR) is 182 cm³/mol. The highest BCUT2D eigenvalue weighted by Gasteiger charge is 2.45. The number of benzene rings is 7. The second-order valence-electron chi connectivity index (χ2n) is 11.6. The molecular formula is C43H28O. The van der Waals surface area contributed by atoms with Crippen molar-refractivity contribution in [2.45, 2.75) is 5.41 Å². The molecule has 1 heteroatoms. The molecule has 8 aromatic rings. The highest BCUT2D eigenvalue weighted by Crippen LogP contribution is 2.56. The summed E-state index contributed by atoms with van der Waals surface area (Å²) in [6.45, 7) is 0. The third-order valence-corrected chi connectivity index (χ3v) is 9.37. The molecule has 1 aliphatic carbocycles. The zero-order chi connectivity index (χ0) is 29.1. The fourth-order valence-corrected chi connectivity index (χ4v) is 7.48. The summed E-state index contributed by atoms with van der Waals surface area (Å²) >= 11 is 0. The van der Waals surface area contributed by atoms with Gasteiger partial charge in [-0.3, -0.25) is 0 Å². The number of hydrogen-bond acceptors (Lipinski definition) is 1. The molecule has 0 fully saturated rings. The Labute approximate surface area is 256 Å². The molecule has 0 atom stereocenters. The van der Waals surface area contributed by atoms with Crippen molar-refractivity contribution in [1.29, 1.82) is 0 Å². The molecule has 206 valence electrons. The summed E-state index contributed by atoms with van der Waals surface area (Å²) in [4.78, 5) is 0. The smallest absolute Gasteiger partial charge is 0.143 e. The second-order valence-corrected chi connectivity index (χ2v) is 11.6. The van der Waals surface area contributed by atoms with Crippen LogP contribution in [0, 0.1) is 0 Å². The molecule has 0 N–H and O–H groups in total. The summed E-state index contributed by atoms with van der Waals surface area (Å²) in [6.07, 6.45) is 0. The van der Waals surface area contributed by atoms with Crippen LogP contribution in [-0.2, 0) is 5.41 Å². The Morgan fingerprint density at radius 3 is 1.70 bits per heavy atom. The molecule has 1 nitrogen and oxygen atoms in total. The van der Waals surface area contributed by atoms with Gasteiger partial charge in [0.05, 0.1) is 5.41 Å². The summed E-state index contributed by atoms with van der Waals surface area (Å²) in [7, 11) is 0. The van der Waals surface area contributed by atoms with Crippen molar-refractivity contribution in [1.82, 2.24) is 0 Å². The molecule has 44 heavy (non-hydrogen) atoms. The van der Waals surface area contributed by atoms with E-state index in [1.165, 1.54) is 44.5 Å². The van der Waals surface area contributed by atoms with E-state index in [1.807, 2.05) is 12.1 Å². The lowest BCUT2D eigenvalue weighted by atomic mass is 9.67. The van der Waals surface area contributed by atoms with Gasteiger partial charge in [0.1, 0.15) is 11.2 Å². The van der Waals surface area contributed by atoms with Crippen molar-refractivity contribution >= 4 is 21.9 Å². The van der Waals surface area contributed by atoms with Crippen LogP contribution in [0.25, 0.3) is 55.3 Å². The van der Waals surface area contributed by atoms with E-state index in [-0.39, 0.29) is 0 Å². The van der Waals surface area contributed by atoms with Crippen LogP contribution in [0.4, 0.5) is 0 Å². The molecule has 0 amide bonds. The van der Waals surface area contributed by atoms with Crippen LogP contribution in [-0.4, -0.2) is 0 Å². The molecule has 0 aliphatic heterocycles. The van der Waals surface area contributed by atoms with Crippen molar-refractivity contribution in [2.75, 3.05) is 0 Å². The molecule has 0 saturated carbocycles. The van der Waals surface area contributed by atoms with E-state index in [0.717, 1.165) is 33.1 Å². The van der Waals surface area contributed by atoms with Gasteiger partial charge in [-0.1, -0.05) is 152 Å². The van der Waals surface area contributed by atoms with Gasteiger partial charge in [-0.2, -0.15) is 0 Å². The molecule has 7 aromatic carbocycles. The molecule has 1 aliphatic rings. The molecule has 0 radical (unpaired) electrons. The fraction of sp³-hybridized carbons (Fsp3) is 0.0233. The highest BCUT2D eigenvalue weighted by atomic mass is 16.3. The van der Waals surface area contributed by atoms with E-state index in [4.69, 9.17) is 4.42 Å². The number of rotatable bonds is 4. The normalized spacial score (nSPS) is 13.2. The molecule has 0 spiro atoms. The van der Waals surface area contributed by atoms with Crippen LogP contribution < -0.4 is 0 Å². The molecule has 0 saturated heterocycles. The third-order valence-electron chi connectivity index (χ3n) is 9.37. The molecule has 1 aromatic heterocycles. The van der Waals surface area contributed by atoms with Gasteiger partial charge in [0.15, 0.2) is 0 Å². The minimum Gasteiger partial charge on any atom is -0.455 e. The van der Waals surface area contributed by atoms with Gasteiger partial charge in [-0.15, -0.1) is 0 Å². The Balaban J connectivity index is 1.24. The molecular weight excluding hydrogens is 532 g/mol. The first-order valence-electron chi connectivity index (χ1n) is 15.2. The van der Waals surface area contributed by atoms with Gasteiger partial charge in [0.25, 0.3) is 0 Å². The van der Waals surface area contributed by atoms with Crippen LogP contribution in [0.3, 0.4) is 0 Å². The molecule has 9 rings (SSSR count). The van der Waals surface area contributed by atoms with Crippen molar-refractivity contribution in [2.24, 2.45) is 0 Å². The van der Waals surface area contributed by atoms with Crippen molar-refractivity contribution in [3.8, 4) is 33.4 Å². The minimum absolute atomic E-state index is 0.415. The lowest BCUT2D eigenvalue weighted by Gasteiger charge is -2.34. The lowest BCUT2D eigenvalue weighted by molar-refractivity contribution is 0.670. The van der Waals surface area contributed by atoms with E-state index in [2.05, 4.69) is 158 Å². The van der Waals surface area contributed by atoms with Crippen LogP contribution >= 0.6 is 0 Å². The Hall–Kier alpha value is -5.66. The summed E-state index contributed by atoms with van der Waals surface area (Å²) in [5.74, 6) is 0. The Bertz CT molecular complexity index is 2290. The van der Waals surface area contributed by atoms with Gasteiger partial charge >= 0.3 is 0 Å². The summed E-state index contributed by atoms with van der Waals surface area (Å²) in [6, 6.07) is 61.5. The van der Waals surface area contributed by atoms with Crippen molar-refractivity contribution in [3.05, 3.63) is 192 Å². The predicted octanol–water partition coefficient (Wildman–Crippen LogP) is 11.3. The SMILES string of the molecule is c1ccc(C2(c3cccc(-c4cccc(-c5cccc6c5oc5ccccc56)c4)c3)c3ccccc3-c3ccccc32)cc1. The maximum atomic E-state index is 6.40. The zero-order valence-corrected chi connectivity index (χ0v) is 24.1. The maximum Gasteiger partial charge on any atom is 0.143 e. The van der Waals surface area contributed by atoms with Gasteiger partial charge in [0, 0.05) is 16.3 Å². The van der Waals surface area contributed by atoms with Crippen LogP contribution in [0.1, 0.15) is 22.3 Å². The Morgan fingerprint density at radius 1 is 0.364 bits per heavy atom. The van der Waals surface area contributed by atoms with Crippen LogP contribution in [0.15, 0.2) is 174 Å². The second kappa shape index (κ2) is 9.69. The van der Waals surface area contributed by atoms with E-state index < -0.39 is 5.41 Å². The van der Waals surface area contributed by atoms with Crippen molar-refractivity contribution < 1.29 is 4.42 Å². The van der Waals surface area contributed by atoms with Gasteiger partial charge in [-0.05, 0) is 68.3 Å². The van der Waals surface area contributed by atoms with Crippen LogP contribution in [0.5, 0.6) is 0 Å². The summed E-state index contributed by atoms with van der Waals surface area (Å²) in [5.41, 5.74) is 13.9. The summed E-state index contributed by atoms with van der Waals surface area (Å²) in [5, 5.41) is 2.30. The first-order valence-corrected chi connectivity index (χ1v) is 15.2. The van der Waals surface area contributed by atoms with Crippen LogP contribution in [0.2, 0.25) is 0 Å². The number of furan rings is 1. The third kappa shape index (κ3) is 3.53. The monoisotopic (exact) mass is 560 g/mol. The highest BCUT2D eigenvalue weighted by molar-refractivity contribution is 6.09. The first-order chi connectivity index (χ1) is 21.8. The van der Waals surface area contributed by atoms with Crippen molar-refractivity contribution in [3.63, 3.8) is 0 Å². The topological polar surface area (TPSA) is 13.1 Å². The Morgan fingerprint density at radius 2 is 0.909 bits per heavy atom. The average Bonchev–Trinajstić information content (AvgIpc) is 3.63. The van der Waals surface area contributed by atoms with Gasteiger partial charge in [-0.25, -0.2) is 0 Å². The Kier molecular flexibility index (Phi) is 5.48. The number of fused-ring (bicyclic) bond motifs is 6. The number of hydrogen-bond donors (Lipinski definition) is 0. The first kappa shape index (κ1) is 24.9. The van der Waals surface area contributed by atoms with E-state index in [0.29, 0.717) is 0 Å². The molecule has 0 unspecified atom stereocenters. The molecule has 0 bridgehead atoms. The summed E-state index contributed by atoms with van der Waals surface area (Å²) < 4.78 is 6.40. The minimum atomic E-state index is -0.415. The van der Waals surface area contributed by atoms with Gasteiger partial charge in [0.2, 0.25) is 0 Å². The maximum absolute atomic E-state index is 6.40. The molecule has 1 heterocycles.